The van der Waals surface area contributed by atoms with E-state index in [2.05, 4.69) is 29.8 Å². The molecule has 0 unspecified atom stereocenters. The summed E-state index contributed by atoms with van der Waals surface area (Å²) in [5, 5.41) is 5.71. The van der Waals surface area contributed by atoms with Crippen molar-refractivity contribution in [2.45, 2.75) is 31.8 Å². The van der Waals surface area contributed by atoms with Crippen molar-refractivity contribution in [1.29, 1.82) is 0 Å². The van der Waals surface area contributed by atoms with E-state index in [0.717, 1.165) is 6.04 Å². The molecule has 1 heterocycles. The SMILES string of the molecule is C[C@@H](NC1CC1)c1cccs1. The molecule has 1 aromatic rings. The van der Waals surface area contributed by atoms with Crippen LogP contribution in [-0.2, 0) is 0 Å². The molecule has 1 atom stereocenters. The van der Waals surface area contributed by atoms with Gasteiger partial charge in [0.15, 0.2) is 0 Å². The highest BCUT2D eigenvalue weighted by Gasteiger charge is 2.23. The summed E-state index contributed by atoms with van der Waals surface area (Å²) < 4.78 is 0. The van der Waals surface area contributed by atoms with Gasteiger partial charge in [-0.1, -0.05) is 6.07 Å². The molecule has 1 N–H and O–H groups in total. The normalized spacial score (nSPS) is 20.1. The van der Waals surface area contributed by atoms with Gasteiger partial charge in [-0.25, -0.2) is 0 Å². The molecule has 1 saturated carbocycles. The van der Waals surface area contributed by atoms with Crippen LogP contribution in [0.15, 0.2) is 17.5 Å². The van der Waals surface area contributed by atoms with Crippen molar-refractivity contribution in [3.8, 4) is 0 Å². The van der Waals surface area contributed by atoms with Gasteiger partial charge < -0.3 is 5.32 Å². The summed E-state index contributed by atoms with van der Waals surface area (Å²) in [5.74, 6) is 0. The van der Waals surface area contributed by atoms with E-state index < -0.39 is 0 Å². The second-order valence-electron chi connectivity index (χ2n) is 3.18. The lowest BCUT2D eigenvalue weighted by molar-refractivity contribution is 0.579. The van der Waals surface area contributed by atoms with Gasteiger partial charge in [0.05, 0.1) is 0 Å². The molecule has 0 amide bonds. The number of rotatable bonds is 3. The van der Waals surface area contributed by atoms with Crippen molar-refractivity contribution < 1.29 is 0 Å². The topological polar surface area (TPSA) is 12.0 Å². The van der Waals surface area contributed by atoms with E-state index in [1.54, 1.807) is 0 Å². The van der Waals surface area contributed by atoms with Crippen molar-refractivity contribution in [2.24, 2.45) is 0 Å². The Kier molecular flexibility index (Phi) is 1.96. The molecule has 2 rings (SSSR count). The Balaban J connectivity index is 1.93. The summed E-state index contributed by atoms with van der Waals surface area (Å²) in [5.41, 5.74) is 0. The summed E-state index contributed by atoms with van der Waals surface area (Å²) in [6, 6.07) is 5.69. The first-order valence-electron chi connectivity index (χ1n) is 4.16. The van der Waals surface area contributed by atoms with Gasteiger partial charge in [-0.3, -0.25) is 0 Å². The minimum Gasteiger partial charge on any atom is -0.307 e. The summed E-state index contributed by atoms with van der Waals surface area (Å²) in [4.78, 5) is 1.46. The Bertz CT molecular complexity index is 213. The lowest BCUT2D eigenvalue weighted by Gasteiger charge is -2.09. The van der Waals surface area contributed by atoms with Gasteiger partial charge >= 0.3 is 0 Å². The molecule has 0 aromatic carbocycles. The van der Waals surface area contributed by atoms with Crippen LogP contribution in [0.2, 0.25) is 0 Å². The van der Waals surface area contributed by atoms with Gasteiger partial charge in [0.2, 0.25) is 0 Å². The maximum absolute atomic E-state index is 3.57. The van der Waals surface area contributed by atoms with Crippen LogP contribution >= 0.6 is 11.3 Å². The highest BCUT2D eigenvalue weighted by Crippen LogP contribution is 2.25. The van der Waals surface area contributed by atoms with Crippen LogP contribution in [0.4, 0.5) is 0 Å². The zero-order valence-electron chi connectivity index (χ0n) is 6.71. The maximum atomic E-state index is 3.57. The summed E-state index contributed by atoms with van der Waals surface area (Å²) in [6.07, 6.45) is 2.74. The Hall–Kier alpha value is -0.340. The van der Waals surface area contributed by atoms with Crippen LogP contribution in [0, 0.1) is 0 Å². The zero-order chi connectivity index (χ0) is 7.68. The summed E-state index contributed by atoms with van der Waals surface area (Å²) in [7, 11) is 0. The molecule has 2 heteroatoms. The Morgan fingerprint density at radius 1 is 1.64 bits per heavy atom. The summed E-state index contributed by atoms with van der Waals surface area (Å²) in [6.45, 7) is 2.24. The minimum atomic E-state index is 0.558. The van der Waals surface area contributed by atoms with E-state index in [0.29, 0.717) is 6.04 Å². The van der Waals surface area contributed by atoms with Crippen LogP contribution in [0.1, 0.15) is 30.7 Å². The van der Waals surface area contributed by atoms with E-state index in [9.17, 15) is 0 Å². The van der Waals surface area contributed by atoms with E-state index in [1.165, 1.54) is 17.7 Å². The van der Waals surface area contributed by atoms with Crippen LogP contribution < -0.4 is 5.32 Å². The first-order valence-corrected chi connectivity index (χ1v) is 5.03. The quantitative estimate of drug-likeness (QED) is 0.729. The first kappa shape index (κ1) is 7.32. The minimum absolute atomic E-state index is 0.558. The fourth-order valence-electron chi connectivity index (χ4n) is 1.22. The third-order valence-electron chi connectivity index (χ3n) is 2.03. The molecule has 1 aromatic heterocycles. The average molecular weight is 167 g/mol. The van der Waals surface area contributed by atoms with Crippen molar-refractivity contribution in [3.63, 3.8) is 0 Å². The molecular weight excluding hydrogens is 154 g/mol. The van der Waals surface area contributed by atoms with Gasteiger partial charge in [0.1, 0.15) is 0 Å². The lowest BCUT2D eigenvalue weighted by Crippen LogP contribution is -2.19. The van der Waals surface area contributed by atoms with Crippen LogP contribution in [0.3, 0.4) is 0 Å². The van der Waals surface area contributed by atoms with Crippen LogP contribution in [-0.4, -0.2) is 6.04 Å². The standard InChI is InChI=1S/C9H13NS/c1-7(10-8-4-5-8)9-3-2-6-11-9/h2-3,6-8,10H,4-5H2,1H3/t7-/m1/s1. The Labute approximate surface area is 71.4 Å². The van der Waals surface area contributed by atoms with Gasteiger partial charge in [-0.2, -0.15) is 0 Å². The zero-order valence-corrected chi connectivity index (χ0v) is 7.53. The molecule has 0 bridgehead atoms. The van der Waals surface area contributed by atoms with Crippen LogP contribution in [0.5, 0.6) is 0 Å². The highest BCUT2D eigenvalue weighted by molar-refractivity contribution is 7.10. The second-order valence-corrected chi connectivity index (χ2v) is 4.16. The fraction of sp³-hybridized carbons (Fsp3) is 0.556. The van der Waals surface area contributed by atoms with E-state index >= 15 is 0 Å². The highest BCUT2D eigenvalue weighted by atomic mass is 32.1. The molecule has 0 saturated heterocycles. The number of hydrogen-bond acceptors (Lipinski definition) is 2. The van der Waals surface area contributed by atoms with E-state index in [-0.39, 0.29) is 0 Å². The Morgan fingerprint density at radius 3 is 3.00 bits per heavy atom. The van der Waals surface area contributed by atoms with Crippen molar-refractivity contribution >= 4 is 11.3 Å². The molecular formula is C9H13NS. The number of hydrogen-bond donors (Lipinski definition) is 1. The van der Waals surface area contributed by atoms with Gasteiger partial charge in [0, 0.05) is 17.0 Å². The molecule has 60 valence electrons. The molecule has 0 radical (unpaired) electrons. The van der Waals surface area contributed by atoms with Crippen LogP contribution in [0.25, 0.3) is 0 Å². The number of thiophene rings is 1. The smallest absolute Gasteiger partial charge is 0.0388 e. The largest absolute Gasteiger partial charge is 0.307 e. The molecule has 1 aliphatic rings. The average Bonchev–Trinajstić information content (AvgIpc) is 2.67. The number of nitrogens with one attached hydrogen (secondary N) is 1. The van der Waals surface area contributed by atoms with Crippen molar-refractivity contribution in [2.75, 3.05) is 0 Å². The van der Waals surface area contributed by atoms with Crippen molar-refractivity contribution in [3.05, 3.63) is 22.4 Å². The van der Waals surface area contributed by atoms with E-state index in [4.69, 9.17) is 0 Å². The second kappa shape index (κ2) is 2.95. The third-order valence-corrected chi connectivity index (χ3v) is 3.09. The van der Waals surface area contributed by atoms with Gasteiger partial charge in [-0.05, 0) is 31.2 Å². The van der Waals surface area contributed by atoms with Gasteiger partial charge in [-0.15, -0.1) is 11.3 Å². The maximum Gasteiger partial charge on any atom is 0.0388 e. The lowest BCUT2D eigenvalue weighted by atomic mass is 10.3. The molecule has 0 spiro atoms. The van der Waals surface area contributed by atoms with Crippen molar-refractivity contribution in [1.82, 2.24) is 5.32 Å². The molecule has 1 fully saturated rings. The molecule has 0 aliphatic heterocycles. The summed E-state index contributed by atoms with van der Waals surface area (Å²) >= 11 is 1.84. The van der Waals surface area contributed by atoms with E-state index in [1.807, 2.05) is 11.3 Å². The predicted molar refractivity (Wildman–Crippen MR) is 48.9 cm³/mol. The fourth-order valence-corrected chi connectivity index (χ4v) is 1.97. The Morgan fingerprint density at radius 2 is 2.45 bits per heavy atom. The van der Waals surface area contributed by atoms with Gasteiger partial charge in [0.25, 0.3) is 0 Å². The molecule has 11 heavy (non-hydrogen) atoms. The molecule has 1 aliphatic carbocycles. The monoisotopic (exact) mass is 167 g/mol. The first-order chi connectivity index (χ1) is 5.36. The molecule has 1 nitrogen and oxygen atoms in total. The third kappa shape index (κ3) is 1.82. The predicted octanol–water partition coefficient (Wildman–Crippen LogP) is 2.56.